The molecule has 5 heteroatoms. The molecule has 1 atom stereocenters. The Kier molecular flexibility index (Phi) is 4.81. The van der Waals surface area contributed by atoms with Crippen molar-refractivity contribution in [2.45, 2.75) is 38.2 Å². The second-order valence-electron chi connectivity index (χ2n) is 5.58. The number of nitrogens with zero attached hydrogens (tertiary/aromatic N) is 1. The summed E-state index contributed by atoms with van der Waals surface area (Å²) < 4.78 is 5.68. The number of aliphatic hydroxyl groups is 1. The van der Waals surface area contributed by atoms with E-state index in [1.807, 2.05) is 19.1 Å². The van der Waals surface area contributed by atoms with E-state index in [-0.39, 0.29) is 17.8 Å². The highest BCUT2D eigenvalue weighted by Crippen LogP contribution is 2.40. The molecule has 0 aliphatic heterocycles. The number of rotatable bonds is 3. The minimum Gasteiger partial charge on any atom is -0.469 e. The lowest BCUT2D eigenvalue weighted by molar-refractivity contribution is -0.148. The summed E-state index contributed by atoms with van der Waals surface area (Å²) in [5, 5.41) is 10.8. The van der Waals surface area contributed by atoms with Crippen LogP contribution in [0.1, 0.15) is 38.3 Å². The second-order valence-corrected chi connectivity index (χ2v) is 6.50. The molecule has 4 nitrogen and oxygen atoms in total. The van der Waals surface area contributed by atoms with E-state index in [2.05, 4.69) is 20.9 Å². The van der Waals surface area contributed by atoms with Crippen molar-refractivity contribution in [1.82, 2.24) is 4.98 Å². The van der Waals surface area contributed by atoms with Crippen molar-refractivity contribution in [2.75, 3.05) is 7.11 Å². The number of hydrogen-bond acceptors (Lipinski definition) is 4. The predicted octanol–water partition coefficient (Wildman–Crippen LogP) is 3.03. The van der Waals surface area contributed by atoms with Gasteiger partial charge in [-0.2, -0.15) is 0 Å². The molecule has 2 rings (SSSR count). The lowest BCUT2D eigenvalue weighted by atomic mass is 9.73. The van der Waals surface area contributed by atoms with Crippen LogP contribution in [0, 0.1) is 11.8 Å². The van der Waals surface area contributed by atoms with Gasteiger partial charge in [-0.3, -0.25) is 9.78 Å². The molecule has 1 aromatic heterocycles. The molecule has 1 N–H and O–H groups in total. The number of carbonyl (C=O) groups excluding carboxylic acids is 1. The first kappa shape index (κ1) is 15.4. The standard InChI is InChI=1S/C15H20BrNO3/c1-15(19,13-8-7-12(16)9-17-13)11-5-3-10(4-6-11)14(18)20-2/h7-11,19H,3-6H2,1-2H3. The zero-order chi connectivity index (χ0) is 14.8. The quantitative estimate of drug-likeness (QED) is 0.858. The average molecular weight is 342 g/mol. The van der Waals surface area contributed by atoms with Crippen LogP contribution < -0.4 is 0 Å². The molecular formula is C15H20BrNO3. The van der Waals surface area contributed by atoms with E-state index < -0.39 is 5.60 Å². The average Bonchev–Trinajstić information content (AvgIpc) is 2.47. The Bertz CT molecular complexity index is 465. The maximum atomic E-state index is 11.5. The van der Waals surface area contributed by atoms with Crippen molar-refractivity contribution in [1.29, 1.82) is 0 Å². The first-order valence-electron chi connectivity index (χ1n) is 6.87. The highest BCUT2D eigenvalue weighted by Gasteiger charge is 2.39. The Balaban J connectivity index is 2.05. The van der Waals surface area contributed by atoms with Gasteiger partial charge in [-0.25, -0.2) is 0 Å². The van der Waals surface area contributed by atoms with Gasteiger partial charge in [-0.15, -0.1) is 0 Å². The first-order valence-corrected chi connectivity index (χ1v) is 7.66. The number of pyridine rings is 1. The summed E-state index contributed by atoms with van der Waals surface area (Å²) in [6.07, 6.45) is 4.85. The summed E-state index contributed by atoms with van der Waals surface area (Å²) in [7, 11) is 1.43. The number of hydrogen-bond donors (Lipinski definition) is 1. The summed E-state index contributed by atoms with van der Waals surface area (Å²) >= 11 is 3.34. The monoisotopic (exact) mass is 341 g/mol. The maximum Gasteiger partial charge on any atom is 0.308 e. The van der Waals surface area contributed by atoms with Crippen molar-refractivity contribution >= 4 is 21.9 Å². The molecular weight excluding hydrogens is 322 g/mol. The van der Waals surface area contributed by atoms with Crippen LogP contribution in [0.5, 0.6) is 0 Å². The fourth-order valence-corrected chi connectivity index (χ4v) is 3.18. The lowest BCUT2D eigenvalue weighted by Crippen LogP contribution is -2.36. The normalized spacial score (nSPS) is 25.8. The topological polar surface area (TPSA) is 59.4 Å². The van der Waals surface area contributed by atoms with Crippen LogP contribution in [-0.4, -0.2) is 23.2 Å². The van der Waals surface area contributed by atoms with Gasteiger partial charge in [0.1, 0.15) is 5.60 Å². The first-order chi connectivity index (χ1) is 9.45. The fraction of sp³-hybridized carbons (Fsp3) is 0.600. The van der Waals surface area contributed by atoms with Crippen molar-refractivity contribution < 1.29 is 14.6 Å². The molecule has 1 aliphatic rings. The van der Waals surface area contributed by atoms with E-state index in [0.717, 1.165) is 30.2 Å². The smallest absolute Gasteiger partial charge is 0.308 e. The largest absolute Gasteiger partial charge is 0.469 e. The minimum absolute atomic E-state index is 0.0232. The Hall–Kier alpha value is -0.940. The highest BCUT2D eigenvalue weighted by molar-refractivity contribution is 9.10. The molecule has 110 valence electrons. The van der Waals surface area contributed by atoms with Gasteiger partial charge in [0.15, 0.2) is 0 Å². The summed E-state index contributed by atoms with van der Waals surface area (Å²) in [6, 6.07) is 3.73. The summed E-state index contributed by atoms with van der Waals surface area (Å²) in [5.41, 5.74) is -0.274. The number of halogens is 1. The molecule has 1 unspecified atom stereocenters. The van der Waals surface area contributed by atoms with Gasteiger partial charge >= 0.3 is 5.97 Å². The summed E-state index contributed by atoms with van der Waals surface area (Å²) in [5.74, 6) is -0.0353. The zero-order valence-corrected chi connectivity index (χ0v) is 13.4. The number of esters is 1. The molecule has 0 bridgehead atoms. The second kappa shape index (κ2) is 6.22. The Labute approximate surface area is 127 Å². The molecule has 0 spiro atoms. The molecule has 1 aromatic rings. The maximum absolute atomic E-state index is 11.5. The van der Waals surface area contributed by atoms with E-state index >= 15 is 0 Å². The van der Waals surface area contributed by atoms with Crippen LogP contribution >= 0.6 is 15.9 Å². The van der Waals surface area contributed by atoms with Gasteiger partial charge in [0.25, 0.3) is 0 Å². The van der Waals surface area contributed by atoms with Gasteiger partial charge in [-0.1, -0.05) is 0 Å². The molecule has 0 saturated heterocycles. The molecule has 1 heterocycles. The number of ether oxygens (including phenoxy) is 1. The predicted molar refractivity (Wildman–Crippen MR) is 79.0 cm³/mol. The molecule has 20 heavy (non-hydrogen) atoms. The van der Waals surface area contributed by atoms with Gasteiger partial charge in [-0.05, 0) is 66.6 Å². The Morgan fingerprint density at radius 2 is 2.05 bits per heavy atom. The molecule has 0 radical (unpaired) electrons. The summed E-state index contributed by atoms with van der Waals surface area (Å²) in [6.45, 7) is 1.81. The van der Waals surface area contributed by atoms with E-state index in [0.29, 0.717) is 5.69 Å². The third-order valence-corrected chi connectivity index (χ3v) is 4.77. The van der Waals surface area contributed by atoms with Crippen LogP contribution in [0.2, 0.25) is 0 Å². The van der Waals surface area contributed by atoms with Crippen LogP contribution in [0.4, 0.5) is 0 Å². The highest BCUT2D eigenvalue weighted by atomic mass is 79.9. The van der Waals surface area contributed by atoms with Crippen LogP contribution in [0.3, 0.4) is 0 Å². The van der Waals surface area contributed by atoms with Gasteiger partial charge in [0, 0.05) is 10.7 Å². The van der Waals surface area contributed by atoms with E-state index in [4.69, 9.17) is 4.74 Å². The third-order valence-electron chi connectivity index (χ3n) is 4.30. The Morgan fingerprint density at radius 1 is 1.40 bits per heavy atom. The molecule has 0 aromatic carbocycles. The zero-order valence-electron chi connectivity index (χ0n) is 11.8. The number of carbonyl (C=O) groups is 1. The van der Waals surface area contributed by atoms with E-state index in [1.165, 1.54) is 7.11 Å². The molecule has 1 aliphatic carbocycles. The van der Waals surface area contributed by atoms with Crippen molar-refractivity contribution in [3.05, 3.63) is 28.5 Å². The summed E-state index contributed by atoms with van der Waals surface area (Å²) in [4.78, 5) is 15.8. The molecule has 1 fully saturated rings. The van der Waals surface area contributed by atoms with Gasteiger partial charge < -0.3 is 9.84 Å². The van der Waals surface area contributed by atoms with Crippen molar-refractivity contribution in [2.24, 2.45) is 11.8 Å². The van der Waals surface area contributed by atoms with E-state index in [9.17, 15) is 9.90 Å². The third kappa shape index (κ3) is 3.20. The van der Waals surface area contributed by atoms with Crippen molar-refractivity contribution in [3.8, 4) is 0 Å². The Morgan fingerprint density at radius 3 is 2.55 bits per heavy atom. The van der Waals surface area contributed by atoms with Crippen LogP contribution in [0.15, 0.2) is 22.8 Å². The van der Waals surface area contributed by atoms with Gasteiger partial charge in [0.2, 0.25) is 0 Å². The number of methoxy groups -OCH3 is 1. The molecule has 1 saturated carbocycles. The minimum atomic E-state index is -0.957. The van der Waals surface area contributed by atoms with Crippen LogP contribution in [-0.2, 0) is 15.1 Å². The fourth-order valence-electron chi connectivity index (χ4n) is 2.94. The van der Waals surface area contributed by atoms with Crippen molar-refractivity contribution in [3.63, 3.8) is 0 Å². The molecule has 0 amide bonds. The lowest BCUT2D eigenvalue weighted by Gasteiger charge is -2.37. The van der Waals surface area contributed by atoms with Gasteiger partial charge in [0.05, 0.1) is 18.7 Å². The SMILES string of the molecule is COC(=O)C1CCC(C(C)(O)c2ccc(Br)cn2)CC1. The van der Waals surface area contributed by atoms with E-state index in [1.54, 1.807) is 6.20 Å². The number of aromatic nitrogens is 1. The van der Waals surface area contributed by atoms with Crippen LogP contribution in [0.25, 0.3) is 0 Å².